The number of benzene rings is 1. The summed E-state index contributed by atoms with van der Waals surface area (Å²) in [5, 5.41) is 0. The largest absolute Gasteiger partial charge is 0.375 e. The van der Waals surface area contributed by atoms with Gasteiger partial charge in [-0.25, -0.2) is 4.72 Å². The van der Waals surface area contributed by atoms with Crippen LogP contribution in [0, 0.1) is 0 Å². The zero-order valence-corrected chi connectivity index (χ0v) is 12.8. The Kier molecular flexibility index (Phi) is 4.81. The Morgan fingerprint density at radius 3 is 2.57 bits per heavy atom. The molecule has 8 heteroatoms. The fraction of sp³-hybridized carbons (Fsp3) is 0.462. The molecule has 0 aliphatic carbocycles. The van der Waals surface area contributed by atoms with Crippen LogP contribution >= 0.6 is 0 Å². The van der Waals surface area contributed by atoms with Gasteiger partial charge in [0.15, 0.2) is 0 Å². The maximum atomic E-state index is 12.3. The highest BCUT2D eigenvalue weighted by molar-refractivity contribution is 7.90. The van der Waals surface area contributed by atoms with Crippen LogP contribution in [0.25, 0.3) is 0 Å². The molecule has 0 aromatic heterocycles. The van der Waals surface area contributed by atoms with Crippen molar-refractivity contribution in [3.8, 4) is 0 Å². The average Bonchev–Trinajstić information content (AvgIpc) is 2.47. The summed E-state index contributed by atoms with van der Waals surface area (Å²) in [7, 11) is -2.23. The number of carbonyl (C=O) groups is 1. The van der Waals surface area contributed by atoms with E-state index >= 15 is 0 Å². The average molecular weight is 313 g/mol. The van der Waals surface area contributed by atoms with Gasteiger partial charge in [-0.15, -0.1) is 0 Å². The van der Waals surface area contributed by atoms with Gasteiger partial charge in [0.2, 0.25) is 0 Å². The van der Waals surface area contributed by atoms with E-state index in [9.17, 15) is 13.2 Å². The Morgan fingerprint density at radius 1 is 1.33 bits per heavy atom. The van der Waals surface area contributed by atoms with Crippen molar-refractivity contribution in [3.05, 3.63) is 29.8 Å². The monoisotopic (exact) mass is 313 g/mol. The molecule has 2 N–H and O–H groups in total. The fourth-order valence-corrected chi connectivity index (χ4v) is 2.62. The SMILES string of the molecule is CNS(=O)(=O)Nc1ccc(C(=O)N2CCOC(C)C2)cc1. The molecule has 21 heavy (non-hydrogen) atoms. The molecule has 1 aliphatic rings. The molecule has 0 radical (unpaired) electrons. The van der Waals surface area contributed by atoms with Crippen molar-refractivity contribution < 1.29 is 17.9 Å². The maximum absolute atomic E-state index is 12.3. The highest BCUT2D eigenvalue weighted by Gasteiger charge is 2.22. The molecule has 2 rings (SSSR count). The Balaban J connectivity index is 2.06. The zero-order chi connectivity index (χ0) is 15.5. The molecule has 1 aromatic carbocycles. The van der Waals surface area contributed by atoms with Gasteiger partial charge in [-0.05, 0) is 31.2 Å². The van der Waals surface area contributed by atoms with E-state index < -0.39 is 10.2 Å². The molecule has 0 spiro atoms. The third-order valence-corrected chi connectivity index (χ3v) is 4.22. The van der Waals surface area contributed by atoms with E-state index in [0.29, 0.717) is 30.9 Å². The maximum Gasteiger partial charge on any atom is 0.298 e. The molecule has 1 fully saturated rings. The summed E-state index contributed by atoms with van der Waals surface area (Å²) < 4.78 is 32.6. The molecule has 1 atom stereocenters. The van der Waals surface area contributed by atoms with Crippen molar-refractivity contribution in [2.45, 2.75) is 13.0 Å². The Bertz CT molecular complexity index is 600. The number of anilines is 1. The molecule has 1 heterocycles. The smallest absolute Gasteiger partial charge is 0.298 e. The van der Waals surface area contributed by atoms with Crippen molar-refractivity contribution >= 4 is 21.8 Å². The minimum atomic E-state index is -3.55. The summed E-state index contributed by atoms with van der Waals surface area (Å²) in [5.41, 5.74) is 0.924. The number of hydrogen-bond donors (Lipinski definition) is 2. The van der Waals surface area contributed by atoms with E-state index in [2.05, 4.69) is 9.44 Å². The van der Waals surface area contributed by atoms with Crippen LogP contribution in [-0.2, 0) is 14.9 Å². The number of carbonyl (C=O) groups excluding carboxylic acids is 1. The van der Waals surface area contributed by atoms with Gasteiger partial charge in [0.25, 0.3) is 16.1 Å². The second-order valence-corrected chi connectivity index (χ2v) is 6.44. The molecular weight excluding hydrogens is 294 g/mol. The van der Waals surface area contributed by atoms with Crippen LogP contribution in [0.15, 0.2) is 24.3 Å². The number of ether oxygens (including phenoxy) is 1. The second kappa shape index (κ2) is 6.42. The van der Waals surface area contributed by atoms with Gasteiger partial charge in [0, 0.05) is 31.4 Å². The van der Waals surface area contributed by atoms with E-state index in [4.69, 9.17) is 4.74 Å². The zero-order valence-electron chi connectivity index (χ0n) is 12.0. The Hall–Kier alpha value is -1.64. The van der Waals surface area contributed by atoms with Gasteiger partial charge >= 0.3 is 0 Å². The summed E-state index contributed by atoms with van der Waals surface area (Å²) in [6.07, 6.45) is 0.0319. The lowest BCUT2D eigenvalue weighted by atomic mass is 10.1. The second-order valence-electron chi connectivity index (χ2n) is 4.82. The highest BCUT2D eigenvalue weighted by Crippen LogP contribution is 2.14. The van der Waals surface area contributed by atoms with Crippen molar-refractivity contribution in [2.24, 2.45) is 0 Å². The standard InChI is InChI=1S/C13H19N3O4S/c1-10-9-16(7-8-20-10)13(17)11-3-5-12(6-4-11)15-21(18,19)14-2/h3-6,10,14-15H,7-9H2,1-2H3. The summed E-state index contributed by atoms with van der Waals surface area (Å²) in [4.78, 5) is 14.1. The summed E-state index contributed by atoms with van der Waals surface area (Å²) in [6.45, 7) is 3.59. The molecule has 0 bridgehead atoms. The van der Waals surface area contributed by atoms with Crippen molar-refractivity contribution in [2.75, 3.05) is 31.5 Å². The molecule has 1 aliphatic heterocycles. The lowest BCUT2D eigenvalue weighted by molar-refractivity contribution is -0.0124. The molecule has 1 unspecified atom stereocenters. The first-order valence-corrected chi connectivity index (χ1v) is 8.12. The molecule has 1 aromatic rings. The Morgan fingerprint density at radius 2 is 2.00 bits per heavy atom. The Labute approximate surface area is 124 Å². The first-order chi connectivity index (χ1) is 9.91. The van der Waals surface area contributed by atoms with Crippen molar-refractivity contribution in [3.63, 3.8) is 0 Å². The van der Waals surface area contributed by atoms with Crippen molar-refractivity contribution in [1.29, 1.82) is 0 Å². The van der Waals surface area contributed by atoms with Crippen LogP contribution in [0.5, 0.6) is 0 Å². The summed E-state index contributed by atoms with van der Waals surface area (Å²) in [6, 6.07) is 6.34. The lowest BCUT2D eigenvalue weighted by Gasteiger charge is -2.31. The van der Waals surface area contributed by atoms with Gasteiger partial charge in [0.1, 0.15) is 0 Å². The van der Waals surface area contributed by atoms with Gasteiger partial charge in [-0.2, -0.15) is 8.42 Å². The van der Waals surface area contributed by atoms with Crippen LogP contribution in [0.4, 0.5) is 5.69 Å². The van der Waals surface area contributed by atoms with Gasteiger partial charge in [-0.3, -0.25) is 9.52 Å². The van der Waals surface area contributed by atoms with E-state index in [1.165, 1.54) is 7.05 Å². The lowest BCUT2D eigenvalue weighted by Crippen LogP contribution is -2.44. The minimum Gasteiger partial charge on any atom is -0.375 e. The predicted molar refractivity (Wildman–Crippen MR) is 79.4 cm³/mol. The van der Waals surface area contributed by atoms with Crippen LogP contribution < -0.4 is 9.44 Å². The number of morpholine rings is 1. The first kappa shape index (κ1) is 15.7. The molecular formula is C13H19N3O4S. The van der Waals surface area contributed by atoms with Crippen molar-refractivity contribution in [1.82, 2.24) is 9.62 Å². The highest BCUT2D eigenvalue weighted by atomic mass is 32.2. The first-order valence-electron chi connectivity index (χ1n) is 6.63. The normalized spacial score (nSPS) is 19.3. The van der Waals surface area contributed by atoms with E-state index in [1.54, 1.807) is 29.2 Å². The summed E-state index contributed by atoms with van der Waals surface area (Å²) in [5.74, 6) is -0.0758. The quantitative estimate of drug-likeness (QED) is 0.843. The predicted octanol–water partition coefficient (Wildman–Crippen LogP) is 0.424. The van der Waals surface area contributed by atoms with E-state index in [-0.39, 0.29) is 12.0 Å². The van der Waals surface area contributed by atoms with Crippen LogP contribution in [-0.4, -0.2) is 52.1 Å². The van der Waals surface area contributed by atoms with E-state index in [0.717, 1.165) is 0 Å². The summed E-state index contributed by atoms with van der Waals surface area (Å²) >= 11 is 0. The third-order valence-electron chi connectivity index (χ3n) is 3.18. The number of hydrogen-bond acceptors (Lipinski definition) is 4. The van der Waals surface area contributed by atoms with Crippen LogP contribution in [0.1, 0.15) is 17.3 Å². The molecule has 116 valence electrons. The van der Waals surface area contributed by atoms with Gasteiger partial charge < -0.3 is 9.64 Å². The third kappa shape index (κ3) is 4.16. The molecule has 1 saturated heterocycles. The number of rotatable bonds is 4. The van der Waals surface area contributed by atoms with Crippen LogP contribution in [0.2, 0.25) is 0 Å². The van der Waals surface area contributed by atoms with Crippen LogP contribution in [0.3, 0.4) is 0 Å². The van der Waals surface area contributed by atoms with Gasteiger partial charge in [0.05, 0.1) is 12.7 Å². The minimum absolute atomic E-state index is 0.0319. The number of nitrogens with one attached hydrogen (secondary N) is 2. The number of nitrogens with zero attached hydrogens (tertiary/aromatic N) is 1. The molecule has 7 nitrogen and oxygen atoms in total. The van der Waals surface area contributed by atoms with E-state index in [1.807, 2.05) is 6.92 Å². The topological polar surface area (TPSA) is 87.7 Å². The van der Waals surface area contributed by atoms with Gasteiger partial charge in [-0.1, -0.05) is 0 Å². The fourth-order valence-electron chi connectivity index (χ4n) is 2.07. The molecule has 0 saturated carbocycles. The number of amides is 1. The molecule has 1 amide bonds.